The zero-order valence-corrected chi connectivity index (χ0v) is 29.7. The van der Waals surface area contributed by atoms with Gasteiger partial charge in [0.25, 0.3) is 0 Å². The summed E-state index contributed by atoms with van der Waals surface area (Å²) in [6, 6.07) is 61.3. The normalized spacial score (nSPS) is 11.9. The number of benzene rings is 8. The molecule has 0 bridgehead atoms. The highest BCUT2D eigenvalue weighted by atomic mass is 16.3. The van der Waals surface area contributed by atoms with Gasteiger partial charge in [-0.05, 0) is 72.8 Å². The molecule has 0 aliphatic carbocycles. The molecule has 8 aromatic carbocycles. The molecule has 0 aliphatic heterocycles. The van der Waals surface area contributed by atoms with Crippen molar-refractivity contribution in [3.05, 3.63) is 175 Å². The molecule has 4 aromatic heterocycles. The van der Waals surface area contributed by atoms with Crippen LogP contribution in [0.25, 0.3) is 104 Å². The second-order valence-corrected chi connectivity index (χ2v) is 14.3. The zero-order chi connectivity index (χ0) is 37.1. The molecule has 12 aromatic rings. The van der Waals surface area contributed by atoms with E-state index in [4.69, 9.17) is 4.42 Å². The number of nitriles is 2. The molecule has 4 heterocycles. The van der Waals surface area contributed by atoms with Crippen molar-refractivity contribution < 1.29 is 4.42 Å². The predicted molar refractivity (Wildman–Crippen MR) is 226 cm³/mol. The number of rotatable bonds is 3. The molecule has 0 N–H and O–H groups in total. The zero-order valence-electron chi connectivity index (χ0n) is 29.7. The third-order valence-corrected chi connectivity index (χ3v) is 11.5. The van der Waals surface area contributed by atoms with Crippen LogP contribution in [0.4, 0.5) is 0 Å². The first kappa shape index (κ1) is 30.4. The number of hydrogen-bond acceptors (Lipinski definition) is 3. The van der Waals surface area contributed by atoms with Gasteiger partial charge in [-0.2, -0.15) is 10.5 Å². The van der Waals surface area contributed by atoms with Gasteiger partial charge in [0.05, 0.1) is 61.0 Å². The van der Waals surface area contributed by atoms with E-state index in [2.05, 4.69) is 153 Å². The van der Waals surface area contributed by atoms with Crippen molar-refractivity contribution in [3.63, 3.8) is 0 Å². The number of para-hydroxylation sites is 5. The molecule has 6 nitrogen and oxygen atoms in total. The molecule has 0 saturated carbocycles. The third-order valence-electron chi connectivity index (χ3n) is 11.5. The largest absolute Gasteiger partial charge is 0.455 e. The third kappa shape index (κ3) is 3.97. The van der Waals surface area contributed by atoms with E-state index < -0.39 is 0 Å². The fraction of sp³-hybridized carbons (Fsp3) is 0. The van der Waals surface area contributed by atoms with E-state index in [1.54, 1.807) is 0 Å². The van der Waals surface area contributed by atoms with Gasteiger partial charge in [0, 0.05) is 43.4 Å². The Bertz CT molecular complexity index is 3690. The summed E-state index contributed by atoms with van der Waals surface area (Å²) in [4.78, 5) is 0. The number of nitrogens with zero attached hydrogens (tertiary/aromatic N) is 5. The summed E-state index contributed by atoms with van der Waals surface area (Å²) >= 11 is 0. The maximum atomic E-state index is 10.4. The highest BCUT2D eigenvalue weighted by Gasteiger charge is 2.24. The van der Waals surface area contributed by atoms with E-state index >= 15 is 0 Å². The van der Waals surface area contributed by atoms with Crippen LogP contribution in [0.5, 0.6) is 0 Å². The summed E-state index contributed by atoms with van der Waals surface area (Å²) < 4.78 is 13.4. The smallest absolute Gasteiger partial charge is 0.145 e. The number of furan rings is 1. The Labute approximate surface area is 319 Å². The first-order valence-electron chi connectivity index (χ1n) is 18.6. The van der Waals surface area contributed by atoms with E-state index in [1.807, 2.05) is 36.4 Å². The summed E-state index contributed by atoms with van der Waals surface area (Å²) in [7, 11) is 0. The van der Waals surface area contributed by atoms with E-state index in [-0.39, 0.29) is 0 Å². The topological polar surface area (TPSA) is 75.5 Å². The average molecular weight is 714 g/mol. The Balaban J connectivity index is 1.19. The van der Waals surface area contributed by atoms with E-state index in [9.17, 15) is 10.5 Å². The van der Waals surface area contributed by atoms with Crippen LogP contribution < -0.4 is 0 Å². The fourth-order valence-corrected chi connectivity index (χ4v) is 9.17. The van der Waals surface area contributed by atoms with Crippen LogP contribution in [0.3, 0.4) is 0 Å². The van der Waals surface area contributed by atoms with Crippen molar-refractivity contribution in [2.24, 2.45) is 0 Å². The van der Waals surface area contributed by atoms with Crippen LogP contribution in [0, 0.1) is 22.7 Å². The minimum absolute atomic E-state index is 0.316. The standard InChI is InChI=1S/C50H27N5O/c51-28-30-25-46(47(26-31(30)29-52)55-43-19-9-4-15-38(43)49-45(55)24-22-37-36-14-5-10-20-48(36)56-50(37)49)54-42-18-8-3-13-35(42)39-27-32(21-23-44(39)54)53-40-16-6-1-11-33(40)34-12-2-7-17-41(34)53/h1-27H. The lowest BCUT2D eigenvalue weighted by atomic mass is 10.1. The van der Waals surface area contributed by atoms with Gasteiger partial charge in [0.2, 0.25) is 0 Å². The Hall–Kier alpha value is -8.06. The molecule has 6 heteroatoms. The van der Waals surface area contributed by atoms with Gasteiger partial charge in [-0.15, -0.1) is 0 Å². The van der Waals surface area contributed by atoms with Gasteiger partial charge in [0.1, 0.15) is 23.3 Å². The molecular formula is C50H27N5O. The maximum absolute atomic E-state index is 10.4. The molecule has 0 radical (unpaired) electrons. The van der Waals surface area contributed by atoms with Crippen molar-refractivity contribution in [1.29, 1.82) is 10.5 Å². The van der Waals surface area contributed by atoms with Crippen LogP contribution in [0.1, 0.15) is 11.1 Å². The minimum atomic E-state index is 0.316. The first-order valence-corrected chi connectivity index (χ1v) is 18.6. The first-order chi connectivity index (χ1) is 27.7. The minimum Gasteiger partial charge on any atom is -0.455 e. The monoisotopic (exact) mass is 713 g/mol. The summed E-state index contributed by atoms with van der Waals surface area (Å²) in [5.41, 5.74) is 11.1. The summed E-state index contributed by atoms with van der Waals surface area (Å²) in [6.07, 6.45) is 0. The van der Waals surface area contributed by atoms with Gasteiger partial charge in [-0.3, -0.25) is 0 Å². The molecule has 0 fully saturated rings. The molecule has 0 amide bonds. The summed E-state index contributed by atoms with van der Waals surface area (Å²) in [5.74, 6) is 0. The molecule has 0 aliphatic rings. The number of fused-ring (bicyclic) bond motifs is 13. The molecule has 258 valence electrons. The molecule has 0 atom stereocenters. The summed E-state index contributed by atoms with van der Waals surface area (Å²) in [6.45, 7) is 0. The van der Waals surface area contributed by atoms with Gasteiger partial charge in [0.15, 0.2) is 0 Å². The SMILES string of the molecule is N#Cc1cc(-n2c3ccccc3c3cc(-n4c5ccccc5c5ccccc54)ccc32)c(-n2c3ccccc3c3c4oc5ccccc5c4ccc32)cc1C#N. The maximum Gasteiger partial charge on any atom is 0.145 e. The highest BCUT2D eigenvalue weighted by molar-refractivity contribution is 6.24. The number of hydrogen-bond donors (Lipinski definition) is 0. The van der Waals surface area contributed by atoms with E-state index in [0.29, 0.717) is 11.1 Å². The molecule has 0 unspecified atom stereocenters. The number of aromatic nitrogens is 3. The van der Waals surface area contributed by atoms with Crippen molar-refractivity contribution in [2.45, 2.75) is 0 Å². The Morgan fingerprint density at radius 2 is 0.839 bits per heavy atom. The molecule has 56 heavy (non-hydrogen) atoms. The van der Waals surface area contributed by atoms with Crippen LogP contribution in [0.2, 0.25) is 0 Å². The van der Waals surface area contributed by atoms with Gasteiger partial charge in [-0.1, -0.05) is 91.0 Å². The van der Waals surface area contributed by atoms with Gasteiger partial charge in [-0.25, -0.2) is 0 Å². The molecule has 0 spiro atoms. The quantitative estimate of drug-likeness (QED) is 0.183. The van der Waals surface area contributed by atoms with Crippen LogP contribution in [0.15, 0.2) is 168 Å². The van der Waals surface area contributed by atoms with Crippen molar-refractivity contribution in [3.8, 4) is 29.2 Å². The van der Waals surface area contributed by atoms with Crippen LogP contribution in [-0.2, 0) is 0 Å². The Morgan fingerprint density at radius 1 is 0.375 bits per heavy atom. The Kier molecular flexibility index (Phi) is 6.10. The van der Waals surface area contributed by atoms with Crippen molar-refractivity contribution >= 4 is 87.4 Å². The van der Waals surface area contributed by atoms with E-state index in [0.717, 1.165) is 93.6 Å². The predicted octanol–water partition coefficient (Wildman–Crippen LogP) is 12.6. The lowest BCUT2D eigenvalue weighted by Gasteiger charge is -2.18. The lowest BCUT2D eigenvalue weighted by Crippen LogP contribution is -2.05. The van der Waals surface area contributed by atoms with Gasteiger partial charge < -0.3 is 18.1 Å². The average Bonchev–Trinajstić information content (AvgIpc) is 3.99. The van der Waals surface area contributed by atoms with Crippen molar-refractivity contribution in [1.82, 2.24) is 13.7 Å². The van der Waals surface area contributed by atoms with Crippen LogP contribution in [-0.4, -0.2) is 13.7 Å². The fourth-order valence-electron chi connectivity index (χ4n) is 9.17. The second kappa shape index (κ2) is 11.2. The summed E-state index contributed by atoms with van der Waals surface area (Å²) in [5, 5.41) is 29.6. The molecule has 0 saturated heterocycles. The highest BCUT2D eigenvalue weighted by Crippen LogP contribution is 2.43. The molecule has 12 rings (SSSR count). The van der Waals surface area contributed by atoms with Crippen molar-refractivity contribution in [2.75, 3.05) is 0 Å². The second-order valence-electron chi connectivity index (χ2n) is 14.3. The van der Waals surface area contributed by atoms with Crippen LogP contribution >= 0.6 is 0 Å². The van der Waals surface area contributed by atoms with Gasteiger partial charge >= 0.3 is 0 Å². The molecular weight excluding hydrogens is 687 g/mol. The Morgan fingerprint density at radius 3 is 1.46 bits per heavy atom. The van der Waals surface area contributed by atoms with E-state index in [1.165, 1.54) is 10.8 Å². The lowest BCUT2D eigenvalue weighted by molar-refractivity contribution is 0.673.